The van der Waals surface area contributed by atoms with Crippen LogP contribution in [-0.4, -0.2) is 37.2 Å². The van der Waals surface area contributed by atoms with Gasteiger partial charge in [-0.3, -0.25) is 9.59 Å². The normalized spacial score (nSPS) is 27.8. The van der Waals surface area contributed by atoms with Gasteiger partial charge in [0, 0.05) is 18.9 Å². The molecule has 1 N–H and O–H groups in total. The average molecular weight is 480 g/mol. The van der Waals surface area contributed by atoms with E-state index >= 15 is 0 Å². The SMILES string of the molecule is CCOc1cc([C@H]2C3=CCn4c(=O)n(C)c(=O)n4[C@@H]3C[C@H]3C(=O)C(C)=C(C)C(=O)[C@@]23C)ccc1O. The van der Waals surface area contributed by atoms with Gasteiger partial charge in [-0.2, -0.15) is 0 Å². The monoisotopic (exact) mass is 479 g/mol. The molecule has 0 amide bonds. The van der Waals surface area contributed by atoms with E-state index in [1.54, 1.807) is 26.0 Å². The van der Waals surface area contributed by atoms with Crippen molar-refractivity contribution in [1.82, 2.24) is 13.9 Å². The van der Waals surface area contributed by atoms with E-state index in [4.69, 9.17) is 4.74 Å². The highest BCUT2D eigenvalue weighted by Gasteiger charge is 2.60. The topological polar surface area (TPSA) is 113 Å². The fraction of sp³-hybridized carbons (Fsp3) is 0.462. The van der Waals surface area contributed by atoms with Crippen LogP contribution in [0.5, 0.6) is 11.5 Å². The molecule has 1 aliphatic heterocycles. The van der Waals surface area contributed by atoms with Gasteiger partial charge in [0.1, 0.15) is 0 Å². The maximum atomic E-state index is 13.9. The third-order valence-corrected chi connectivity index (χ3v) is 8.24. The van der Waals surface area contributed by atoms with Crippen LogP contribution in [0, 0.1) is 11.3 Å². The standard InChI is InChI=1S/C26H29N3O6/c1-6-35-20-11-15(7-8-19(20)30)21-16-9-10-28-24(33)27(5)25(34)29(28)18(16)12-17-22(31)13(2)14(3)23(32)26(17,21)4/h7-9,11,17-18,21,30H,6,10,12H2,1-5H3/t17-,18+,21-,26+/m0/s1. The highest BCUT2D eigenvalue weighted by atomic mass is 16.5. The fourth-order valence-electron chi connectivity index (χ4n) is 6.31. The van der Waals surface area contributed by atoms with Crippen LogP contribution >= 0.6 is 0 Å². The number of phenolic OH excluding ortho intramolecular Hbond substituents is 1. The van der Waals surface area contributed by atoms with Gasteiger partial charge < -0.3 is 9.84 Å². The van der Waals surface area contributed by atoms with E-state index in [9.17, 15) is 24.3 Å². The molecule has 0 radical (unpaired) electrons. The van der Waals surface area contributed by atoms with E-state index in [0.717, 1.165) is 10.1 Å². The summed E-state index contributed by atoms with van der Waals surface area (Å²) >= 11 is 0. The molecule has 9 nitrogen and oxygen atoms in total. The molecule has 1 aromatic heterocycles. The number of benzene rings is 1. The molecular formula is C26H29N3O6. The Hall–Kier alpha value is -3.62. The zero-order valence-electron chi connectivity index (χ0n) is 20.5. The smallest absolute Gasteiger partial charge is 0.347 e. The van der Waals surface area contributed by atoms with Gasteiger partial charge in [0.15, 0.2) is 23.1 Å². The Morgan fingerprint density at radius 2 is 1.83 bits per heavy atom. The molecule has 0 spiro atoms. The number of ketones is 2. The Morgan fingerprint density at radius 3 is 2.51 bits per heavy atom. The third-order valence-electron chi connectivity index (χ3n) is 8.24. The number of nitrogens with zero attached hydrogens (tertiary/aromatic N) is 3. The van der Waals surface area contributed by atoms with Crippen molar-refractivity contribution >= 4 is 11.6 Å². The predicted octanol–water partition coefficient (Wildman–Crippen LogP) is 2.23. The van der Waals surface area contributed by atoms with Gasteiger partial charge in [-0.05, 0) is 61.6 Å². The molecule has 3 aliphatic rings. The third kappa shape index (κ3) is 2.93. The number of phenols is 1. The summed E-state index contributed by atoms with van der Waals surface area (Å²) in [5, 5.41) is 10.3. The summed E-state index contributed by atoms with van der Waals surface area (Å²) in [4.78, 5) is 53.3. The maximum Gasteiger partial charge on any atom is 0.347 e. The molecule has 2 heterocycles. The second kappa shape index (κ2) is 7.69. The minimum Gasteiger partial charge on any atom is -0.504 e. The number of fused-ring (bicyclic) bond motifs is 4. The van der Waals surface area contributed by atoms with Crippen molar-refractivity contribution in [2.45, 2.75) is 52.6 Å². The molecule has 2 aromatic rings. The van der Waals surface area contributed by atoms with Crippen molar-refractivity contribution in [3.05, 3.63) is 67.5 Å². The lowest BCUT2D eigenvalue weighted by atomic mass is 9.50. The van der Waals surface area contributed by atoms with Crippen LogP contribution in [0.2, 0.25) is 0 Å². The highest BCUT2D eigenvalue weighted by molar-refractivity contribution is 6.15. The minimum atomic E-state index is -1.09. The number of rotatable bonds is 3. The number of carbonyl (C=O) groups excluding carboxylic acids is 2. The zero-order valence-corrected chi connectivity index (χ0v) is 20.5. The Kier molecular flexibility index (Phi) is 5.09. The number of allylic oxidation sites excluding steroid dienone is 4. The van der Waals surface area contributed by atoms with E-state index < -0.39 is 34.7 Å². The second-order valence-corrected chi connectivity index (χ2v) is 9.88. The van der Waals surface area contributed by atoms with Crippen molar-refractivity contribution in [2.75, 3.05) is 6.61 Å². The number of aromatic hydroxyl groups is 1. The quantitative estimate of drug-likeness (QED) is 0.676. The molecular weight excluding hydrogens is 450 g/mol. The van der Waals surface area contributed by atoms with E-state index in [-0.39, 0.29) is 36.0 Å². The van der Waals surface area contributed by atoms with Gasteiger partial charge in [0.05, 0.1) is 24.6 Å². The van der Waals surface area contributed by atoms with Crippen LogP contribution in [0.25, 0.3) is 0 Å². The summed E-state index contributed by atoms with van der Waals surface area (Å²) in [5.74, 6) is -1.17. The zero-order chi connectivity index (χ0) is 25.4. The first-order chi connectivity index (χ1) is 16.5. The lowest BCUT2D eigenvalue weighted by molar-refractivity contribution is -0.140. The van der Waals surface area contributed by atoms with E-state index in [2.05, 4.69) is 0 Å². The summed E-state index contributed by atoms with van der Waals surface area (Å²) in [6, 6.07) is 4.42. The first-order valence-corrected chi connectivity index (χ1v) is 11.8. The van der Waals surface area contributed by atoms with Crippen LogP contribution < -0.4 is 16.1 Å². The molecule has 0 unspecified atom stereocenters. The molecule has 0 bridgehead atoms. The lowest BCUT2D eigenvalue weighted by Crippen LogP contribution is -2.55. The van der Waals surface area contributed by atoms with Crippen LogP contribution in [0.15, 0.2) is 50.6 Å². The summed E-state index contributed by atoms with van der Waals surface area (Å²) in [6.07, 6.45) is 2.15. The summed E-state index contributed by atoms with van der Waals surface area (Å²) in [6.45, 7) is 7.54. The van der Waals surface area contributed by atoms with Gasteiger partial charge in [-0.15, -0.1) is 0 Å². The number of hydrogen-bond acceptors (Lipinski definition) is 6. The van der Waals surface area contributed by atoms with E-state index in [1.165, 1.54) is 22.5 Å². The van der Waals surface area contributed by atoms with Crippen molar-refractivity contribution < 1.29 is 19.4 Å². The van der Waals surface area contributed by atoms with Crippen LogP contribution in [0.4, 0.5) is 0 Å². The number of carbonyl (C=O) groups is 2. The van der Waals surface area contributed by atoms with Crippen LogP contribution in [0.1, 0.15) is 51.6 Å². The van der Waals surface area contributed by atoms with E-state index in [1.807, 2.05) is 19.9 Å². The molecule has 184 valence electrons. The summed E-state index contributed by atoms with van der Waals surface area (Å²) < 4.78 is 9.51. The molecule has 5 rings (SSSR count). The van der Waals surface area contributed by atoms with Gasteiger partial charge in [0.2, 0.25) is 0 Å². The van der Waals surface area contributed by atoms with Crippen molar-refractivity contribution in [3.63, 3.8) is 0 Å². The highest BCUT2D eigenvalue weighted by Crippen LogP contribution is 2.60. The molecule has 35 heavy (non-hydrogen) atoms. The van der Waals surface area contributed by atoms with Gasteiger partial charge in [-0.25, -0.2) is 23.5 Å². The second-order valence-electron chi connectivity index (χ2n) is 9.88. The van der Waals surface area contributed by atoms with Crippen molar-refractivity contribution in [1.29, 1.82) is 0 Å². The molecule has 1 saturated carbocycles. The summed E-state index contributed by atoms with van der Waals surface area (Å²) in [5.41, 5.74) is 0.456. The number of hydrogen-bond donors (Lipinski definition) is 1. The first kappa shape index (κ1) is 23.1. The van der Waals surface area contributed by atoms with Gasteiger partial charge in [0.25, 0.3) is 0 Å². The summed E-state index contributed by atoms with van der Waals surface area (Å²) in [7, 11) is 1.44. The molecule has 2 aliphatic carbocycles. The molecule has 1 fully saturated rings. The predicted molar refractivity (Wildman–Crippen MR) is 128 cm³/mol. The number of aromatic nitrogens is 3. The first-order valence-electron chi connectivity index (χ1n) is 11.8. The van der Waals surface area contributed by atoms with Crippen molar-refractivity contribution in [3.8, 4) is 11.5 Å². The Bertz CT molecular complexity index is 1470. The number of ether oxygens (including phenoxy) is 1. The lowest BCUT2D eigenvalue weighted by Gasteiger charge is -2.53. The molecule has 0 saturated heterocycles. The Morgan fingerprint density at radius 1 is 1.11 bits per heavy atom. The Balaban J connectivity index is 1.80. The van der Waals surface area contributed by atoms with Gasteiger partial charge >= 0.3 is 11.4 Å². The number of Topliss-reactive ketones (excluding diaryl/α,β-unsaturated/α-hetero) is 2. The van der Waals surface area contributed by atoms with Crippen LogP contribution in [0.3, 0.4) is 0 Å². The largest absolute Gasteiger partial charge is 0.504 e. The molecule has 4 atom stereocenters. The maximum absolute atomic E-state index is 13.9. The van der Waals surface area contributed by atoms with Crippen molar-refractivity contribution in [2.24, 2.45) is 18.4 Å². The minimum absolute atomic E-state index is 0.0200. The molecule has 9 heteroatoms. The van der Waals surface area contributed by atoms with Crippen LogP contribution in [-0.2, 0) is 23.2 Å². The Labute approximate surface area is 201 Å². The van der Waals surface area contributed by atoms with E-state index in [0.29, 0.717) is 23.3 Å². The van der Waals surface area contributed by atoms with Gasteiger partial charge in [-0.1, -0.05) is 19.1 Å². The fourth-order valence-corrected chi connectivity index (χ4v) is 6.31. The molecule has 1 aromatic carbocycles. The average Bonchev–Trinajstić information content (AvgIpc) is 3.06.